The van der Waals surface area contributed by atoms with Crippen LogP contribution in [-0.2, 0) is 0 Å². The maximum absolute atomic E-state index is 12.5. The summed E-state index contributed by atoms with van der Waals surface area (Å²) in [7, 11) is 1.60. The molecular formula is C30H28BrN5O3. The average molecular weight is 586 g/mol. The van der Waals surface area contributed by atoms with Gasteiger partial charge in [-0.05, 0) is 72.1 Å². The van der Waals surface area contributed by atoms with E-state index in [-0.39, 0.29) is 6.03 Å². The van der Waals surface area contributed by atoms with Crippen LogP contribution < -0.4 is 20.7 Å². The lowest BCUT2D eigenvalue weighted by molar-refractivity contribution is 0.262. The Bertz CT molecular complexity index is 1580. The Kier molecular flexibility index (Phi) is 7.79. The largest absolute Gasteiger partial charge is 0.497 e. The number of anilines is 3. The number of nitrogens with one attached hydrogen (secondary N) is 3. The molecule has 0 bridgehead atoms. The number of ether oxygens (including phenoxy) is 1. The normalized spacial score (nSPS) is 11.0. The molecule has 39 heavy (non-hydrogen) atoms. The molecule has 0 saturated carbocycles. The molecule has 0 saturated heterocycles. The topological polar surface area (TPSA) is 101 Å². The van der Waals surface area contributed by atoms with E-state index >= 15 is 0 Å². The Hall–Kier alpha value is -4.37. The Morgan fingerprint density at radius 1 is 0.897 bits per heavy atom. The third-order valence-corrected chi connectivity index (χ3v) is 6.58. The zero-order chi connectivity index (χ0) is 27.4. The van der Waals surface area contributed by atoms with Crippen molar-refractivity contribution >= 4 is 50.3 Å². The minimum Gasteiger partial charge on any atom is -0.497 e. The van der Waals surface area contributed by atoms with Gasteiger partial charge in [-0.15, -0.1) is 0 Å². The number of carbonyl (C=O) groups is 1. The molecular weight excluding hydrogens is 558 g/mol. The number of nitrogens with zero attached hydrogens (tertiary/aromatic N) is 2. The maximum Gasteiger partial charge on any atom is 0.323 e. The number of amides is 2. The highest BCUT2D eigenvalue weighted by molar-refractivity contribution is 9.10. The lowest BCUT2D eigenvalue weighted by Gasteiger charge is -2.11. The van der Waals surface area contributed by atoms with Gasteiger partial charge in [-0.2, -0.15) is 0 Å². The first-order valence-corrected chi connectivity index (χ1v) is 13.3. The lowest BCUT2D eigenvalue weighted by Crippen LogP contribution is -2.19. The van der Waals surface area contributed by atoms with Crippen molar-refractivity contribution in [1.82, 2.24) is 9.97 Å². The van der Waals surface area contributed by atoms with E-state index in [0.29, 0.717) is 28.8 Å². The summed E-state index contributed by atoms with van der Waals surface area (Å²) in [5, 5.41) is 9.96. The van der Waals surface area contributed by atoms with Gasteiger partial charge in [0.1, 0.15) is 23.7 Å². The molecule has 3 aromatic carbocycles. The second-order valence-corrected chi connectivity index (χ2v) is 10.3. The smallest absolute Gasteiger partial charge is 0.323 e. The summed E-state index contributed by atoms with van der Waals surface area (Å²) in [6.45, 7) is 5.06. The van der Waals surface area contributed by atoms with Crippen LogP contribution in [-0.4, -0.2) is 29.7 Å². The van der Waals surface area contributed by atoms with E-state index in [1.807, 2.05) is 48.5 Å². The first-order valence-electron chi connectivity index (χ1n) is 12.5. The van der Waals surface area contributed by atoms with Crippen molar-refractivity contribution in [2.24, 2.45) is 5.92 Å². The van der Waals surface area contributed by atoms with Crippen LogP contribution in [0.1, 0.15) is 13.8 Å². The van der Waals surface area contributed by atoms with E-state index in [1.165, 1.54) is 6.33 Å². The fraction of sp³-hybridized carbons (Fsp3) is 0.167. The molecule has 198 valence electrons. The minimum absolute atomic E-state index is 0.344. The standard InChI is InChI=1S/C30H28BrN5O3/c1-18(2)16-32-28-26-25(19-4-8-21(31)9-5-19)27(39-29(26)34-17-33-28)20-6-10-22(11-7-20)35-30(37)36-23-12-14-24(38-3)15-13-23/h4-15,17-18H,16H2,1-3H3,(H,32,33,34)(H2,35,36,37). The molecule has 2 amide bonds. The van der Waals surface area contributed by atoms with Crippen LogP contribution in [0.15, 0.2) is 88.0 Å². The van der Waals surface area contributed by atoms with Crippen molar-refractivity contribution in [1.29, 1.82) is 0 Å². The zero-order valence-corrected chi connectivity index (χ0v) is 23.4. The number of methoxy groups -OCH3 is 1. The summed E-state index contributed by atoms with van der Waals surface area (Å²) >= 11 is 3.53. The van der Waals surface area contributed by atoms with E-state index < -0.39 is 0 Å². The van der Waals surface area contributed by atoms with Crippen LogP contribution in [0.5, 0.6) is 5.75 Å². The molecule has 3 N–H and O–H groups in total. The highest BCUT2D eigenvalue weighted by Gasteiger charge is 2.22. The Morgan fingerprint density at radius 2 is 1.51 bits per heavy atom. The molecule has 0 aliphatic rings. The van der Waals surface area contributed by atoms with Crippen molar-refractivity contribution in [3.05, 3.63) is 83.6 Å². The molecule has 0 radical (unpaired) electrons. The summed E-state index contributed by atoms with van der Waals surface area (Å²) in [6.07, 6.45) is 1.51. The molecule has 0 spiro atoms. The molecule has 8 nitrogen and oxygen atoms in total. The number of hydrogen-bond acceptors (Lipinski definition) is 6. The van der Waals surface area contributed by atoms with Crippen LogP contribution in [0.2, 0.25) is 0 Å². The number of halogens is 1. The monoisotopic (exact) mass is 585 g/mol. The SMILES string of the molecule is COc1ccc(NC(=O)Nc2ccc(-c3oc4ncnc(NCC(C)C)c4c3-c3ccc(Br)cc3)cc2)cc1. The number of carbonyl (C=O) groups excluding carboxylic acids is 1. The average Bonchev–Trinajstić information content (AvgIpc) is 3.33. The van der Waals surface area contributed by atoms with Crippen molar-refractivity contribution in [2.75, 3.05) is 29.6 Å². The van der Waals surface area contributed by atoms with Gasteiger partial charge in [0.25, 0.3) is 0 Å². The number of hydrogen-bond donors (Lipinski definition) is 3. The van der Waals surface area contributed by atoms with Crippen LogP contribution in [0.4, 0.5) is 22.0 Å². The van der Waals surface area contributed by atoms with Crippen LogP contribution >= 0.6 is 15.9 Å². The van der Waals surface area contributed by atoms with E-state index in [2.05, 4.69) is 55.7 Å². The molecule has 0 fully saturated rings. The van der Waals surface area contributed by atoms with E-state index in [1.54, 1.807) is 31.4 Å². The molecule has 5 aromatic rings. The first-order chi connectivity index (χ1) is 18.9. The summed E-state index contributed by atoms with van der Waals surface area (Å²) in [5.74, 6) is 2.57. The predicted molar refractivity (Wildman–Crippen MR) is 159 cm³/mol. The highest BCUT2D eigenvalue weighted by Crippen LogP contribution is 2.43. The van der Waals surface area contributed by atoms with Crippen LogP contribution in [0.25, 0.3) is 33.6 Å². The Balaban J connectivity index is 1.45. The summed E-state index contributed by atoms with van der Waals surface area (Å²) in [4.78, 5) is 21.5. The number of urea groups is 1. The van der Waals surface area contributed by atoms with Gasteiger partial charge in [0, 0.05) is 33.5 Å². The van der Waals surface area contributed by atoms with Gasteiger partial charge in [-0.25, -0.2) is 14.8 Å². The number of rotatable bonds is 8. The maximum atomic E-state index is 12.5. The Morgan fingerprint density at radius 3 is 2.13 bits per heavy atom. The summed E-state index contributed by atoms with van der Waals surface area (Å²) in [6, 6.07) is 22.4. The van der Waals surface area contributed by atoms with Crippen molar-refractivity contribution < 1.29 is 13.9 Å². The van der Waals surface area contributed by atoms with Gasteiger partial charge in [0.05, 0.1) is 12.5 Å². The summed E-state index contributed by atoms with van der Waals surface area (Å²) in [5.41, 5.74) is 4.55. The fourth-order valence-corrected chi connectivity index (χ4v) is 4.40. The molecule has 0 aliphatic heterocycles. The number of aromatic nitrogens is 2. The molecule has 5 rings (SSSR count). The second-order valence-electron chi connectivity index (χ2n) is 9.38. The third kappa shape index (κ3) is 6.04. The minimum atomic E-state index is -0.344. The molecule has 2 heterocycles. The van der Waals surface area contributed by atoms with Gasteiger partial charge in [0.2, 0.25) is 5.71 Å². The van der Waals surface area contributed by atoms with E-state index in [9.17, 15) is 4.79 Å². The molecule has 9 heteroatoms. The predicted octanol–water partition coefficient (Wildman–Crippen LogP) is 8.04. The fourth-order valence-electron chi connectivity index (χ4n) is 4.14. The van der Waals surface area contributed by atoms with Crippen molar-refractivity contribution in [2.45, 2.75) is 13.8 Å². The highest BCUT2D eigenvalue weighted by atomic mass is 79.9. The third-order valence-electron chi connectivity index (χ3n) is 6.05. The lowest BCUT2D eigenvalue weighted by atomic mass is 9.99. The van der Waals surface area contributed by atoms with Crippen molar-refractivity contribution in [3.63, 3.8) is 0 Å². The number of fused-ring (bicyclic) bond motifs is 1. The zero-order valence-electron chi connectivity index (χ0n) is 21.8. The van der Waals surface area contributed by atoms with E-state index in [4.69, 9.17) is 9.15 Å². The van der Waals surface area contributed by atoms with Gasteiger partial charge < -0.3 is 25.1 Å². The summed E-state index contributed by atoms with van der Waals surface area (Å²) < 4.78 is 12.5. The molecule has 2 aromatic heterocycles. The Labute approximate surface area is 234 Å². The quantitative estimate of drug-likeness (QED) is 0.170. The van der Waals surface area contributed by atoms with Gasteiger partial charge in [0.15, 0.2) is 0 Å². The molecule has 0 unspecified atom stereocenters. The van der Waals surface area contributed by atoms with Crippen molar-refractivity contribution in [3.8, 4) is 28.2 Å². The molecule has 0 aliphatic carbocycles. The van der Waals surface area contributed by atoms with Gasteiger partial charge >= 0.3 is 6.03 Å². The molecule has 0 atom stereocenters. The van der Waals surface area contributed by atoms with Gasteiger partial charge in [-0.1, -0.05) is 41.9 Å². The van der Waals surface area contributed by atoms with Gasteiger partial charge in [-0.3, -0.25) is 0 Å². The van der Waals surface area contributed by atoms with E-state index in [0.717, 1.165) is 44.7 Å². The van der Waals surface area contributed by atoms with Crippen LogP contribution in [0.3, 0.4) is 0 Å². The first kappa shape index (κ1) is 26.2. The number of furan rings is 1. The number of benzene rings is 3. The second kappa shape index (κ2) is 11.6. The van der Waals surface area contributed by atoms with Crippen LogP contribution in [0, 0.1) is 5.92 Å².